The standard InChI is InChI=1S/C14H15NO2/c1-10-12-6-2-3-7-13(12)14(16)15(10)8-4-5-11-9-17-11/h2-3,6-7,11H,1,4-5,8-9H2. The van der Waals surface area contributed by atoms with Crippen LogP contribution in [0.4, 0.5) is 0 Å². The maximum absolute atomic E-state index is 12.1. The van der Waals surface area contributed by atoms with Crippen molar-refractivity contribution >= 4 is 11.6 Å². The van der Waals surface area contributed by atoms with E-state index in [2.05, 4.69) is 6.58 Å². The third-order valence-electron chi connectivity index (χ3n) is 3.35. The Kier molecular flexibility index (Phi) is 2.48. The number of nitrogens with zero attached hydrogens (tertiary/aromatic N) is 1. The molecule has 0 aliphatic carbocycles. The number of hydrogen-bond acceptors (Lipinski definition) is 2. The Balaban J connectivity index is 1.70. The molecule has 0 bridgehead atoms. The van der Waals surface area contributed by atoms with Gasteiger partial charge in [-0.25, -0.2) is 0 Å². The number of ether oxygens (including phenoxy) is 1. The van der Waals surface area contributed by atoms with E-state index < -0.39 is 0 Å². The van der Waals surface area contributed by atoms with Crippen molar-refractivity contribution in [3.05, 3.63) is 42.0 Å². The maximum atomic E-state index is 12.1. The molecule has 17 heavy (non-hydrogen) atoms. The van der Waals surface area contributed by atoms with Gasteiger partial charge in [-0.2, -0.15) is 0 Å². The van der Waals surface area contributed by atoms with Gasteiger partial charge in [0.15, 0.2) is 0 Å². The van der Waals surface area contributed by atoms with Gasteiger partial charge in [0.25, 0.3) is 5.91 Å². The van der Waals surface area contributed by atoms with Crippen LogP contribution in [0.1, 0.15) is 28.8 Å². The maximum Gasteiger partial charge on any atom is 0.258 e. The number of amides is 1. The minimum atomic E-state index is 0.0855. The van der Waals surface area contributed by atoms with Gasteiger partial charge in [0, 0.05) is 23.4 Å². The van der Waals surface area contributed by atoms with Gasteiger partial charge in [0.05, 0.1) is 12.7 Å². The zero-order valence-electron chi connectivity index (χ0n) is 9.69. The summed E-state index contributed by atoms with van der Waals surface area (Å²) in [5.41, 5.74) is 2.59. The molecule has 2 aliphatic rings. The second kappa shape index (κ2) is 4.00. The second-order valence-electron chi connectivity index (χ2n) is 4.55. The number of carbonyl (C=O) groups excluding carboxylic acids is 1. The van der Waals surface area contributed by atoms with Crippen LogP contribution < -0.4 is 0 Å². The van der Waals surface area contributed by atoms with Gasteiger partial charge in [0.2, 0.25) is 0 Å². The fourth-order valence-electron chi connectivity index (χ4n) is 2.28. The number of fused-ring (bicyclic) bond motifs is 1. The summed E-state index contributed by atoms with van der Waals surface area (Å²) in [6, 6.07) is 7.66. The topological polar surface area (TPSA) is 32.8 Å². The van der Waals surface area contributed by atoms with E-state index in [1.54, 1.807) is 4.90 Å². The van der Waals surface area contributed by atoms with Crippen LogP contribution in [0.15, 0.2) is 30.8 Å². The Morgan fingerprint density at radius 1 is 1.35 bits per heavy atom. The summed E-state index contributed by atoms with van der Waals surface area (Å²) in [5.74, 6) is 0.0855. The molecule has 1 amide bonds. The lowest BCUT2D eigenvalue weighted by Crippen LogP contribution is -2.24. The Morgan fingerprint density at radius 2 is 2.06 bits per heavy atom. The third-order valence-corrected chi connectivity index (χ3v) is 3.35. The average molecular weight is 229 g/mol. The highest BCUT2D eigenvalue weighted by molar-refractivity contribution is 6.08. The smallest absolute Gasteiger partial charge is 0.258 e. The van der Waals surface area contributed by atoms with Crippen molar-refractivity contribution in [2.45, 2.75) is 18.9 Å². The fraction of sp³-hybridized carbons (Fsp3) is 0.357. The summed E-state index contributed by atoms with van der Waals surface area (Å²) in [4.78, 5) is 13.9. The Labute approximate surface area is 101 Å². The number of benzene rings is 1. The summed E-state index contributed by atoms with van der Waals surface area (Å²) in [6.45, 7) is 5.64. The van der Waals surface area contributed by atoms with E-state index in [1.165, 1.54) is 0 Å². The third kappa shape index (κ3) is 1.87. The number of rotatable bonds is 4. The van der Waals surface area contributed by atoms with Crippen molar-refractivity contribution in [1.29, 1.82) is 0 Å². The summed E-state index contributed by atoms with van der Waals surface area (Å²) in [7, 11) is 0. The molecule has 1 unspecified atom stereocenters. The number of epoxide rings is 1. The van der Waals surface area contributed by atoms with Crippen molar-refractivity contribution in [3.8, 4) is 0 Å². The predicted molar refractivity (Wildman–Crippen MR) is 65.5 cm³/mol. The summed E-state index contributed by atoms with van der Waals surface area (Å²) in [5, 5.41) is 0. The van der Waals surface area contributed by atoms with E-state index in [4.69, 9.17) is 4.74 Å². The van der Waals surface area contributed by atoms with E-state index in [9.17, 15) is 4.79 Å². The van der Waals surface area contributed by atoms with Crippen LogP contribution in [0.25, 0.3) is 5.70 Å². The van der Waals surface area contributed by atoms with E-state index in [0.29, 0.717) is 6.10 Å². The first-order valence-electron chi connectivity index (χ1n) is 5.99. The van der Waals surface area contributed by atoms with Crippen molar-refractivity contribution in [2.75, 3.05) is 13.2 Å². The Hall–Kier alpha value is -1.61. The zero-order chi connectivity index (χ0) is 11.8. The summed E-state index contributed by atoms with van der Waals surface area (Å²) >= 11 is 0. The minimum Gasteiger partial charge on any atom is -0.373 e. The molecule has 1 saturated heterocycles. The minimum absolute atomic E-state index is 0.0855. The Morgan fingerprint density at radius 3 is 2.71 bits per heavy atom. The molecular formula is C14H15NO2. The molecule has 3 rings (SSSR count). The molecule has 0 saturated carbocycles. The molecule has 0 spiro atoms. The first-order chi connectivity index (χ1) is 8.27. The zero-order valence-corrected chi connectivity index (χ0v) is 9.69. The number of carbonyl (C=O) groups is 1. The first kappa shape index (κ1) is 10.5. The molecule has 2 heterocycles. The molecule has 88 valence electrons. The molecule has 2 aliphatic heterocycles. The van der Waals surface area contributed by atoms with Crippen LogP contribution in [0.3, 0.4) is 0 Å². The average Bonchev–Trinajstić information content (AvgIpc) is 3.13. The molecule has 3 heteroatoms. The fourth-order valence-corrected chi connectivity index (χ4v) is 2.28. The molecule has 1 aromatic rings. The van der Waals surface area contributed by atoms with Gasteiger partial charge in [0.1, 0.15) is 0 Å². The monoisotopic (exact) mass is 229 g/mol. The highest BCUT2D eigenvalue weighted by atomic mass is 16.6. The van der Waals surface area contributed by atoms with Crippen LogP contribution in [-0.2, 0) is 4.74 Å². The van der Waals surface area contributed by atoms with Gasteiger partial charge in [-0.3, -0.25) is 4.79 Å². The predicted octanol–water partition coefficient (Wildman–Crippen LogP) is 2.29. The largest absolute Gasteiger partial charge is 0.373 e. The van der Waals surface area contributed by atoms with Crippen LogP contribution in [0, 0.1) is 0 Å². The van der Waals surface area contributed by atoms with Crippen LogP contribution in [-0.4, -0.2) is 30.1 Å². The molecule has 0 N–H and O–H groups in total. The summed E-state index contributed by atoms with van der Waals surface area (Å²) in [6.07, 6.45) is 2.44. The van der Waals surface area contributed by atoms with E-state index in [-0.39, 0.29) is 5.91 Å². The highest BCUT2D eigenvalue weighted by Crippen LogP contribution is 2.31. The van der Waals surface area contributed by atoms with Crippen molar-refractivity contribution in [1.82, 2.24) is 4.90 Å². The quantitative estimate of drug-likeness (QED) is 0.742. The molecular weight excluding hydrogens is 214 g/mol. The first-order valence-corrected chi connectivity index (χ1v) is 5.99. The molecule has 1 aromatic carbocycles. The summed E-state index contributed by atoms with van der Waals surface area (Å²) < 4.78 is 5.16. The lowest BCUT2D eigenvalue weighted by molar-refractivity contribution is 0.0848. The van der Waals surface area contributed by atoms with E-state index in [0.717, 1.165) is 42.8 Å². The van der Waals surface area contributed by atoms with E-state index in [1.807, 2.05) is 24.3 Å². The molecule has 1 atom stereocenters. The van der Waals surface area contributed by atoms with Gasteiger partial charge >= 0.3 is 0 Å². The van der Waals surface area contributed by atoms with Crippen LogP contribution in [0.2, 0.25) is 0 Å². The van der Waals surface area contributed by atoms with Crippen molar-refractivity contribution in [2.24, 2.45) is 0 Å². The normalized spacial score (nSPS) is 21.9. The van der Waals surface area contributed by atoms with E-state index >= 15 is 0 Å². The Bertz CT molecular complexity index is 442. The molecule has 3 nitrogen and oxygen atoms in total. The second-order valence-corrected chi connectivity index (χ2v) is 4.55. The molecule has 0 aromatic heterocycles. The van der Waals surface area contributed by atoms with Gasteiger partial charge < -0.3 is 9.64 Å². The lowest BCUT2D eigenvalue weighted by atomic mass is 10.1. The molecule has 0 radical (unpaired) electrons. The number of hydrogen-bond donors (Lipinski definition) is 0. The van der Waals surface area contributed by atoms with Gasteiger partial charge in [-0.1, -0.05) is 24.8 Å². The van der Waals surface area contributed by atoms with Gasteiger partial charge in [-0.15, -0.1) is 0 Å². The van der Waals surface area contributed by atoms with Crippen LogP contribution >= 0.6 is 0 Å². The van der Waals surface area contributed by atoms with Crippen molar-refractivity contribution in [3.63, 3.8) is 0 Å². The van der Waals surface area contributed by atoms with Crippen LogP contribution in [0.5, 0.6) is 0 Å². The lowest BCUT2D eigenvalue weighted by Gasteiger charge is -2.16. The van der Waals surface area contributed by atoms with Crippen molar-refractivity contribution < 1.29 is 9.53 Å². The highest BCUT2D eigenvalue weighted by Gasteiger charge is 2.30. The SMILES string of the molecule is C=C1c2ccccc2C(=O)N1CCCC1CO1. The molecule has 1 fully saturated rings. The van der Waals surface area contributed by atoms with Gasteiger partial charge in [-0.05, 0) is 18.9 Å².